The molecule has 0 aliphatic heterocycles. The summed E-state index contributed by atoms with van der Waals surface area (Å²) in [5.41, 5.74) is 2.99. The summed E-state index contributed by atoms with van der Waals surface area (Å²) in [6, 6.07) is 6.06. The lowest BCUT2D eigenvalue weighted by Gasteiger charge is -2.09. The summed E-state index contributed by atoms with van der Waals surface area (Å²) in [6.07, 6.45) is 5.27. The first kappa shape index (κ1) is 11.8. The highest BCUT2D eigenvalue weighted by molar-refractivity contribution is 5.56. The van der Waals surface area contributed by atoms with E-state index in [1.807, 2.05) is 33.8 Å². The van der Waals surface area contributed by atoms with Crippen LogP contribution in [-0.2, 0) is 0 Å². The van der Waals surface area contributed by atoms with Crippen LogP contribution in [0.1, 0.15) is 25.6 Å². The van der Waals surface area contributed by atoms with Gasteiger partial charge in [-0.3, -0.25) is 4.68 Å². The van der Waals surface area contributed by atoms with Gasteiger partial charge in [0.15, 0.2) is 5.76 Å². The summed E-state index contributed by atoms with van der Waals surface area (Å²) in [7, 11) is 0. The lowest BCUT2D eigenvalue weighted by Crippen LogP contribution is -2.06. The standard InChI is InChI=1S/C14H16N4O/c1-10(2)17-11(3)13(9-16-17)18-12(6-7-15-18)14-5-4-8-19-14/h4-10H,1-3H3. The molecule has 3 rings (SSSR count). The van der Waals surface area contributed by atoms with Crippen LogP contribution in [-0.4, -0.2) is 19.6 Å². The maximum Gasteiger partial charge on any atom is 0.152 e. The summed E-state index contributed by atoms with van der Waals surface area (Å²) < 4.78 is 9.30. The molecule has 3 heterocycles. The van der Waals surface area contributed by atoms with Gasteiger partial charge in [-0.05, 0) is 39.0 Å². The van der Waals surface area contributed by atoms with Gasteiger partial charge in [0, 0.05) is 6.04 Å². The Balaban J connectivity index is 2.11. The van der Waals surface area contributed by atoms with E-state index >= 15 is 0 Å². The first-order valence-electron chi connectivity index (χ1n) is 6.31. The number of hydrogen-bond donors (Lipinski definition) is 0. The van der Waals surface area contributed by atoms with Gasteiger partial charge in [-0.25, -0.2) is 4.68 Å². The summed E-state index contributed by atoms with van der Waals surface area (Å²) in [4.78, 5) is 0. The Morgan fingerprint density at radius 2 is 2.05 bits per heavy atom. The molecule has 19 heavy (non-hydrogen) atoms. The molecule has 3 aromatic rings. The Morgan fingerprint density at radius 1 is 1.21 bits per heavy atom. The third-order valence-electron chi connectivity index (χ3n) is 3.15. The fourth-order valence-corrected chi connectivity index (χ4v) is 2.25. The molecule has 0 radical (unpaired) electrons. The third kappa shape index (κ3) is 1.87. The molecule has 0 N–H and O–H groups in total. The monoisotopic (exact) mass is 256 g/mol. The van der Waals surface area contributed by atoms with Crippen LogP contribution in [0.25, 0.3) is 17.1 Å². The van der Waals surface area contributed by atoms with Gasteiger partial charge in [0.25, 0.3) is 0 Å². The van der Waals surface area contributed by atoms with E-state index in [0.717, 1.165) is 22.8 Å². The lowest BCUT2D eigenvalue weighted by atomic mass is 10.3. The average Bonchev–Trinajstić information content (AvgIpc) is 3.06. The number of rotatable bonds is 3. The summed E-state index contributed by atoms with van der Waals surface area (Å²) in [6.45, 7) is 6.27. The van der Waals surface area contributed by atoms with E-state index in [0.29, 0.717) is 6.04 Å². The molecule has 5 nitrogen and oxygen atoms in total. The predicted octanol–water partition coefficient (Wildman–Crippen LogP) is 3.22. The molecule has 0 spiro atoms. The number of hydrogen-bond acceptors (Lipinski definition) is 3. The summed E-state index contributed by atoms with van der Waals surface area (Å²) in [5, 5.41) is 8.80. The van der Waals surface area contributed by atoms with E-state index < -0.39 is 0 Å². The highest BCUT2D eigenvalue weighted by atomic mass is 16.3. The second kappa shape index (κ2) is 4.42. The summed E-state index contributed by atoms with van der Waals surface area (Å²) in [5.74, 6) is 0.800. The van der Waals surface area contributed by atoms with Crippen LogP contribution in [0.5, 0.6) is 0 Å². The van der Waals surface area contributed by atoms with Crippen molar-refractivity contribution in [2.24, 2.45) is 0 Å². The Bertz CT molecular complexity index is 676. The van der Waals surface area contributed by atoms with Crippen LogP contribution in [0.3, 0.4) is 0 Å². The van der Waals surface area contributed by atoms with Crippen molar-refractivity contribution < 1.29 is 4.42 Å². The van der Waals surface area contributed by atoms with Crippen molar-refractivity contribution in [3.05, 3.63) is 42.5 Å². The van der Waals surface area contributed by atoms with Gasteiger partial charge in [-0.1, -0.05) is 0 Å². The molecule has 0 aromatic carbocycles. The van der Waals surface area contributed by atoms with Gasteiger partial charge in [0.1, 0.15) is 11.4 Å². The second-order valence-corrected chi connectivity index (χ2v) is 4.76. The Morgan fingerprint density at radius 3 is 2.68 bits per heavy atom. The molecular weight excluding hydrogens is 240 g/mol. The van der Waals surface area contributed by atoms with Crippen LogP contribution in [0, 0.1) is 6.92 Å². The van der Waals surface area contributed by atoms with E-state index in [1.165, 1.54) is 0 Å². The van der Waals surface area contributed by atoms with Gasteiger partial charge in [0.05, 0.1) is 24.4 Å². The molecule has 5 heteroatoms. The van der Waals surface area contributed by atoms with E-state index in [2.05, 4.69) is 31.0 Å². The third-order valence-corrected chi connectivity index (χ3v) is 3.15. The van der Waals surface area contributed by atoms with Crippen molar-refractivity contribution in [2.75, 3.05) is 0 Å². The SMILES string of the molecule is Cc1c(-n2nccc2-c2ccco2)cnn1C(C)C. The molecule has 0 aliphatic carbocycles. The Labute approximate surface area is 111 Å². The minimum absolute atomic E-state index is 0.330. The zero-order valence-electron chi connectivity index (χ0n) is 11.2. The normalized spacial score (nSPS) is 11.4. The van der Waals surface area contributed by atoms with Crippen molar-refractivity contribution in [2.45, 2.75) is 26.8 Å². The van der Waals surface area contributed by atoms with Gasteiger partial charge < -0.3 is 4.42 Å². The fourth-order valence-electron chi connectivity index (χ4n) is 2.25. The van der Waals surface area contributed by atoms with Gasteiger partial charge in [-0.2, -0.15) is 10.2 Å². The maximum atomic E-state index is 5.45. The highest BCUT2D eigenvalue weighted by Crippen LogP contribution is 2.25. The lowest BCUT2D eigenvalue weighted by molar-refractivity contribution is 0.518. The topological polar surface area (TPSA) is 48.8 Å². The van der Waals surface area contributed by atoms with Crippen molar-refractivity contribution in [1.82, 2.24) is 19.6 Å². The van der Waals surface area contributed by atoms with E-state index in [9.17, 15) is 0 Å². The Hall–Kier alpha value is -2.30. The first-order valence-corrected chi connectivity index (χ1v) is 6.31. The van der Waals surface area contributed by atoms with E-state index in [-0.39, 0.29) is 0 Å². The largest absolute Gasteiger partial charge is 0.463 e. The predicted molar refractivity (Wildman–Crippen MR) is 72.2 cm³/mol. The number of furan rings is 1. The average molecular weight is 256 g/mol. The van der Waals surface area contributed by atoms with Gasteiger partial charge >= 0.3 is 0 Å². The summed E-state index contributed by atoms with van der Waals surface area (Å²) >= 11 is 0. The number of nitrogens with zero attached hydrogens (tertiary/aromatic N) is 4. The molecule has 0 saturated carbocycles. The molecule has 3 aromatic heterocycles. The molecular formula is C14H16N4O. The molecule has 0 bridgehead atoms. The fraction of sp³-hybridized carbons (Fsp3) is 0.286. The van der Waals surface area contributed by atoms with E-state index in [1.54, 1.807) is 12.5 Å². The van der Waals surface area contributed by atoms with Crippen LogP contribution in [0.15, 0.2) is 41.3 Å². The first-order chi connectivity index (χ1) is 9.18. The molecule has 0 unspecified atom stereocenters. The maximum absolute atomic E-state index is 5.45. The smallest absolute Gasteiger partial charge is 0.152 e. The zero-order chi connectivity index (χ0) is 13.4. The van der Waals surface area contributed by atoms with Crippen LogP contribution >= 0.6 is 0 Å². The number of aromatic nitrogens is 4. The molecule has 0 fully saturated rings. The minimum Gasteiger partial charge on any atom is -0.463 e. The molecule has 0 saturated heterocycles. The molecule has 0 atom stereocenters. The quantitative estimate of drug-likeness (QED) is 0.723. The highest BCUT2D eigenvalue weighted by Gasteiger charge is 2.15. The Kier molecular flexibility index (Phi) is 2.74. The van der Waals surface area contributed by atoms with E-state index in [4.69, 9.17) is 4.42 Å². The van der Waals surface area contributed by atoms with Crippen molar-refractivity contribution in [3.63, 3.8) is 0 Å². The molecule has 0 aliphatic rings. The van der Waals surface area contributed by atoms with Gasteiger partial charge in [-0.15, -0.1) is 0 Å². The van der Waals surface area contributed by atoms with Crippen LogP contribution in [0.4, 0.5) is 0 Å². The molecule has 0 amide bonds. The minimum atomic E-state index is 0.330. The van der Waals surface area contributed by atoms with Gasteiger partial charge in [0.2, 0.25) is 0 Å². The van der Waals surface area contributed by atoms with Crippen molar-refractivity contribution >= 4 is 0 Å². The van der Waals surface area contributed by atoms with Crippen LogP contribution < -0.4 is 0 Å². The second-order valence-electron chi connectivity index (χ2n) is 4.76. The molecule has 98 valence electrons. The van der Waals surface area contributed by atoms with Crippen molar-refractivity contribution in [1.29, 1.82) is 0 Å². The van der Waals surface area contributed by atoms with Crippen LogP contribution in [0.2, 0.25) is 0 Å². The van der Waals surface area contributed by atoms with Crippen molar-refractivity contribution in [3.8, 4) is 17.1 Å². The zero-order valence-corrected chi connectivity index (χ0v) is 11.2.